The fourth-order valence-electron chi connectivity index (χ4n) is 7.59. The molecule has 0 aliphatic heterocycles. The molecule has 1 aromatic heterocycles. The van der Waals surface area contributed by atoms with Crippen LogP contribution in [0.15, 0.2) is 85.1 Å². The number of phenolic OH excluding ortho intramolecular Hbond substituents is 1. The predicted octanol–water partition coefficient (Wildman–Crippen LogP) is -1.11. The summed E-state index contributed by atoms with van der Waals surface area (Å²) in [5, 5.41) is 38.9. The van der Waals surface area contributed by atoms with E-state index in [0.29, 0.717) is 24.0 Å². The van der Waals surface area contributed by atoms with Crippen LogP contribution in [0.25, 0.3) is 10.9 Å². The average Bonchev–Trinajstić information content (AvgIpc) is 3.77. The Morgan fingerprint density at radius 3 is 1.67 bits per heavy atom. The number of amides is 8. The highest BCUT2D eigenvalue weighted by molar-refractivity contribution is 7.80. The van der Waals surface area contributed by atoms with Crippen molar-refractivity contribution in [3.63, 3.8) is 0 Å². The maximum absolute atomic E-state index is 14.6. The number of hydrogen-bond donors (Lipinski definition) is 15. The molecule has 16 N–H and O–H groups in total. The monoisotopic (exact) mass is 1030 g/mol. The van der Waals surface area contributed by atoms with Crippen molar-refractivity contribution in [2.45, 2.75) is 113 Å². The van der Waals surface area contributed by atoms with Crippen molar-refractivity contribution in [2.24, 2.45) is 17.2 Å². The van der Waals surface area contributed by atoms with E-state index < -0.39 is 102 Å². The second-order valence-electron chi connectivity index (χ2n) is 17.3. The number of fused-ring (bicyclic) bond motifs is 1. The number of aromatic hydroxyl groups is 1. The highest BCUT2D eigenvalue weighted by atomic mass is 32.1. The minimum atomic E-state index is -1.45. The summed E-state index contributed by atoms with van der Waals surface area (Å²) < 4.78 is 0. The molecule has 3 aromatic carbocycles. The molecule has 0 spiro atoms. The second kappa shape index (κ2) is 29.0. The summed E-state index contributed by atoms with van der Waals surface area (Å²) in [6, 6.07) is 12.0. The van der Waals surface area contributed by atoms with Gasteiger partial charge >= 0.3 is 0 Å². The number of benzene rings is 3. The topological polar surface area (TPSA) is 355 Å². The van der Waals surface area contributed by atoms with E-state index in [1.54, 1.807) is 31.3 Å². The Hall–Kier alpha value is -6.66. The number of aliphatic hydroxyl groups is 1. The minimum absolute atomic E-state index is 0.0329. The summed E-state index contributed by atoms with van der Waals surface area (Å²) in [6.45, 7) is 3.12. The van der Waals surface area contributed by atoms with E-state index in [1.807, 2.05) is 48.5 Å². The lowest BCUT2D eigenvalue weighted by Gasteiger charge is -2.28. The van der Waals surface area contributed by atoms with Crippen LogP contribution < -0.4 is 54.4 Å². The Morgan fingerprint density at radius 1 is 0.597 bits per heavy atom. The molecule has 72 heavy (non-hydrogen) atoms. The fraction of sp³-hybridized carbons (Fsp3) is 0.429. The summed E-state index contributed by atoms with van der Waals surface area (Å²) in [7, 11) is 0. The zero-order valence-corrected chi connectivity index (χ0v) is 41.9. The number of aliphatic hydroxyl groups excluding tert-OH is 1. The van der Waals surface area contributed by atoms with Crippen molar-refractivity contribution >= 4 is 83.4 Å². The van der Waals surface area contributed by atoms with Crippen LogP contribution in [0.4, 0.5) is 0 Å². The van der Waals surface area contributed by atoms with Crippen molar-refractivity contribution in [3.05, 3.63) is 102 Å². The zero-order chi connectivity index (χ0) is 52.9. The molecule has 8 amide bonds. The number of hydrogen-bond acceptors (Lipinski definition) is 14. The largest absolute Gasteiger partial charge is 0.508 e. The Bertz CT molecular complexity index is 2460. The van der Waals surface area contributed by atoms with Gasteiger partial charge in [0, 0.05) is 41.4 Å². The molecule has 0 aliphatic carbocycles. The predicted molar refractivity (Wildman–Crippen MR) is 277 cm³/mol. The molecule has 0 radical (unpaired) electrons. The van der Waals surface area contributed by atoms with Crippen LogP contribution in [0.5, 0.6) is 5.75 Å². The van der Waals surface area contributed by atoms with Gasteiger partial charge in [-0.05, 0) is 80.5 Å². The standard InChI is InChI=1S/C49H67N11O10S2/c1-3-34(44(65)59-40(26-72)49(70)60-41(27(2)61)42(52)63)54-45(66)36(15-9-10-20-50)55-47(68)38(23-30-24-53-35-14-8-7-13-32(30)35)57-46(67)37(22-29-16-18-31(62)19-17-29)56-48(69)39(25-71)58-43(64)33(51)21-28-11-5-4-6-12-28/h4-8,11-14,16-19,24,27,33-34,36-41,53,61-62,71-72H,3,9-10,15,20-23,25-26,50-51H2,1-2H3,(H2,52,63)(H,54,66)(H,55,68)(H,56,69)(H,57,67)(H,58,64)(H,59,65)(H,60,70)/t27-,33-,34+,36+,37+,38-,39+,40+,41+/m1/s1. The lowest BCUT2D eigenvalue weighted by molar-refractivity contribution is -0.135. The number of aromatic amines is 1. The first-order valence-electron chi connectivity index (χ1n) is 23.5. The van der Waals surface area contributed by atoms with Gasteiger partial charge in [-0.1, -0.05) is 67.6 Å². The number of aromatic nitrogens is 1. The van der Waals surface area contributed by atoms with E-state index >= 15 is 0 Å². The van der Waals surface area contributed by atoms with Gasteiger partial charge in [-0.2, -0.15) is 25.3 Å². The number of thiol groups is 2. The molecular weight excluding hydrogens is 967 g/mol. The highest BCUT2D eigenvalue weighted by Crippen LogP contribution is 2.20. The Labute approximate surface area is 428 Å². The molecule has 0 saturated heterocycles. The molecular formula is C49H67N11O10S2. The molecule has 4 aromatic rings. The van der Waals surface area contributed by atoms with Gasteiger partial charge < -0.3 is 69.6 Å². The molecule has 21 nitrogen and oxygen atoms in total. The van der Waals surface area contributed by atoms with Crippen LogP contribution in [0, 0.1) is 0 Å². The number of carbonyl (C=O) groups excluding carboxylic acids is 8. The van der Waals surface area contributed by atoms with Crippen molar-refractivity contribution < 1.29 is 48.6 Å². The van der Waals surface area contributed by atoms with Crippen LogP contribution in [-0.4, -0.2) is 135 Å². The Kier molecular flexibility index (Phi) is 23.3. The van der Waals surface area contributed by atoms with E-state index in [-0.39, 0.29) is 55.9 Å². The summed E-state index contributed by atoms with van der Waals surface area (Å²) in [5.41, 5.74) is 20.0. The van der Waals surface area contributed by atoms with Gasteiger partial charge in [-0.3, -0.25) is 38.4 Å². The lowest BCUT2D eigenvalue weighted by atomic mass is 10.0. The summed E-state index contributed by atoms with van der Waals surface area (Å²) >= 11 is 8.46. The molecule has 0 bridgehead atoms. The molecule has 23 heteroatoms. The zero-order valence-electron chi connectivity index (χ0n) is 40.1. The van der Waals surface area contributed by atoms with Crippen molar-refractivity contribution in [3.8, 4) is 5.75 Å². The summed E-state index contributed by atoms with van der Waals surface area (Å²) in [5.74, 6) is -6.89. The van der Waals surface area contributed by atoms with E-state index in [4.69, 9.17) is 17.2 Å². The Morgan fingerprint density at radius 2 is 1.08 bits per heavy atom. The molecule has 4 rings (SSSR count). The first kappa shape index (κ1) is 57.9. The summed E-state index contributed by atoms with van der Waals surface area (Å²) in [6.07, 6.45) is 1.22. The SMILES string of the molecule is CC[C@H](NC(=O)[C@H](CCCCN)NC(=O)[C@@H](Cc1c[nH]c2ccccc12)NC(=O)[C@H](Cc1ccc(O)cc1)NC(=O)[C@H](CS)NC(=O)[C@H](N)Cc1ccccc1)C(=O)N[C@@H](CS)C(=O)N[C@H](C(N)=O)[C@@H](C)O. The van der Waals surface area contributed by atoms with Gasteiger partial charge in [-0.15, -0.1) is 0 Å². The number of carbonyl (C=O) groups is 8. The summed E-state index contributed by atoms with van der Waals surface area (Å²) in [4.78, 5) is 112. The number of rotatable bonds is 29. The number of nitrogens with two attached hydrogens (primary N) is 3. The number of phenols is 1. The van der Waals surface area contributed by atoms with E-state index in [1.165, 1.54) is 19.1 Å². The van der Waals surface area contributed by atoms with E-state index in [9.17, 15) is 48.6 Å². The third-order valence-electron chi connectivity index (χ3n) is 11.7. The molecule has 0 aliphatic rings. The van der Waals surface area contributed by atoms with Crippen molar-refractivity contribution in [1.29, 1.82) is 0 Å². The van der Waals surface area contributed by atoms with Crippen LogP contribution >= 0.6 is 25.3 Å². The fourth-order valence-corrected chi connectivity index (χ4v) is 8.11. The smallest absolute Gasteiger partial charge is 0.244 e. The van der Waals surface area contributed by atoms with Crippen LogP contribution in [0.3, 0.4) is 0 Å². The first-order chi connectivity index (χ1) is 34.4. The molecule has 9 atom stereocenters. The number of unbranched alkanes of at least 4 members (excludes halogenated alkanes) is 1. The van der Waals surface area contributed by atoms with Gasteiger partial charge in [0.05, 0.1) is 12.1 Å². The van der Waals surface area contributed by atoms with Gasteiger partial charge in [0.15, 0.2) is 0 Å². The molecule has 0 saturated carbocycles. The van der Waals surface area contributed by atoms with Crippen molar-refractivity contribution in [2.75, 3.05) is 18.1 Å². The molecule has 1 heterocycles. The molecule has 390 valence electrons. The van der Waals surface area contributed by atoms with Gasteiger partial charge in [0.25, 0.3) is 0 Å². The van der Waals surface area contributed by atoms with Crippen LogP contribution in [0.2, 0.25) is 0 Å². The number of primary amides is 1. The third-order valence-corrected chi connectivity index (χ3v) is 12.4. The molecule has 0 unspecified atom stereocenters. The van der Waals surface area contributed by atoms with Gasteiger partial charge in [-0.25, -0.2) is 0 Å². The van der Waals surface area contributed by atoms with E-state index in [2.05, 4.69) is 67.5 Å². The number of para-hydroxylation sites is 1. The average molecular weight is 1030 g/mol. The lowest BCUT2D eigenvalue weighted by Crippen LogP contribution is -2.61. The third kappa shape index (κ3) is 17.6. The number of H-pyrrole nitrogens is 1. The second-order valence-corrected chi connectivity index (χ2v) is 18.0. The minimum Gasteiger partial charge on any atom is -0.508 e. The highest BCUT2D eigenvalue weighted by Gasteiger charge is 2.35. The normalized spacial score (nSPS) is 14.9. The number of nitrogens with one attached hydrogen (secondary N) is 8. The van der Waals surface area contributed by atoms with Gasteiger partial charge in [0.2, 0.25) is 47.3 Å². The van der Waals surface area contributed by atoms with Gasteiger partial charge in [0.1, 0.15) is 48.0 Å². The maximum atomic E-state index is 14.6. The van der Waals surface area contributed by atoms with E-state index in [0.717, 1.165) is 16.5 Å². The maximum Gasteiger partial charge on any atom is 0.244 e. The quantitative estimate of drug-likeness (QED) is 0.0228. The Balaban J connectivity index is 1.61. The first-order valence-corrected chi connectivity index (χ1v) is 24.8. The van der Waals surface area contributed by atoms with Crippen LogP contribution in [0.1, 0.15) is 56.2 Å². The van der Waals surface area contributed by atoms with Crippen molar-refractivity contribution in [1.82, 2.24) is 42.2 Å². The molecule has 0 fully saturated rings. The van der Waals surface area contributed by atoms with Crippen LogP contribution in [-0.2, 0) is 57.6 Å².